The van der Waals surface area contributed by atoms with E-state index in [0.717, 1.165) is 72.4 Å². The van der Waals surface area contributed by atoms with Crippen LogP contribution >= 0.6 is 0 Å². The second-order valence-electron chi connectivity index (χ2n) is 14.3. The molecule has 0 amide bonds. The second kappa shape index (κ2) is 18.3. The Morgan fingerprint density at radius 3 is 1.20 bits per heavy atom. The van der Waals surface area contributed by atoms with Crippen molar-refractivity contribution in [2.45, 2.75) is 75.8 Å². The molecule has 9 heteroatoms. The monoisotopic (exact) mass is 624 g/mol. The van der Waals surface area contributed by atoms with E-state index < -0.39 is 23.9 Å². The number of rotatable bonds is 24. The van der Waals surface area contributed by atoms with Gasteiger partial charge < -0.3 is 43.0 Å². The first-order valence-corrected chi connectivity index (χ1v) is 17.4. The van der Waals surface area contributed by atoms with Crippen LogP contribution in [0.2, 0.25) is 0 Å². The SMILES string of the molecule is C=CC[N+]1(CC(O)COCC(CC)(COCC(O)C[N+]2(CC=C)CCCC2)OCC(O)C[N+]2(CC=C)CCCC2)CCCC1. The first-order valence-electron chi connectivity index (χ1n) is 17.4. The summed E-state index contributed by atoms with van der Waals surface area (Å²) < 4.78 is 21.4. The Morgan fingerprint density at radius 2 is 0.909 bits per heavy atom. The van der Waals surface area contributed by atoms with Crippen molar-refractivity contribution in [3.63, 3.8) is 0 Å². The molecule has 0 aromatic rings. The standard InChI is InChI=1S/C35H66N3O6/c1-5-15-36(18-9-10-19-36)24-32(39)27-42-30-35(8-4,44-29-34(41)26-38(17-7-3)22-13-14-23-38)31-43-28-33(40)25-37(16-6-2)20-11-12-21-37/h5-7,32-34,39-41H,1-3,8-31H2,4H3/q+3. The molecule has 3 N–H and O–H groups in total. The van der Waals surface area contributed by atoms with Crippen LogP contribution in [0.25, 0.3) is 0 Å². The first kappa shape index (κ1) is 37.3. The van der Waals surface area contributed by atoms with Crippen molar-refractivity contribution in [3.05, 3.63) is 38.0 Å². The molecule has 3 aliphatic heterocycles. The average molecular weight is 625 g/mol. The normalized spacial score (nSPS) is 24.0. The summed E-state index contributed by atoms with van der Waals surface area (Å²) in [6.45, 7) is 25.9. The Hall–Kier alpha value is -1.14. The Bertz CT molecular complexity index is 807. The fraction of sp³-hybridized carbons (Fsp3) is 0.829. The van der Waals surface area contributed by atoms with Crippen LogP contribution in [-0.4, -0.2) is 164 Å². The lowest BCUT2D eigenvalue weighted by molar-refractivity contribution is -0.914. The number of aliphatic hydroxyl groups excluding tert-OH is 3. The maximum absolute atomic E-state index is 11.1. The molecule has 3 rings (SSSR count). The number of nitrogens with zero attached hydrogens (tertiary/aromatic N) is 3. The molecule has 44 heavy (non-hydrogen) atoms. The molecule has 0 radical (unpaired) electrons. The molecule has 3 heterocycles. The van der Waals surface area contributed by atoms with E-state index in [9.17, 15) is 15.3 Å². The molecule has 3 fully saturated rings. The molecular weight excluding hydrogens is 558 g/mol. The Labute approximate surface area is 268 Å². The van der Waals surface area contributed by atoms with Gasteiger partial charge in [-0.2, -0.15) is 0 Å². The van der Waals surface area contributed by atoms with Gasteiger partial charge in [0.2, 0.25) is 0 Å². The minimum Gasteiger partial charge on any atom is -0.385 e. The van der Waals surface area contributed by atoms with Crippen LogP contribution in [0.5, 0.6) is 0 Å². The smallest absolute Gasteiger partial charge is 0.126 e. The molecule has 3 atom stereocenters. The molecule has 3 aliphatic rings. The van der Waals surface area contributed by atoms with Crippen molar-refractivity contribution in [2.75, 3.05) is 112 Å². The van der Waals surface area contributed by atoms with Gasteiger partial charge in [0, 0.05) is 38.5 Å². The van der Waals surface area contributed by atoms with Gasteiger partial charge in [0.25, 0.3) is 0 Å². The summed E-state index contributed by atoms with van der Waals surface area (Å²) in [5.41, 5.74) is -0.795. The number of aliphatic hydroxyl groups is 3. The number of quaternary nitrogens is 3. The van der Waals surface area contributed by atoms with E-state index in [1.54, 1.807) is 0 Å². The molecule has 0 saturated carbocycles. The molecule has 0 bridgehead atoms. The molecule has 0 spiro atoms. The first-order chi connectivity index (χ1) is 21.2. The summed E-state index contributed by atoms with van der Waals surface area (Å²) in [4.78, 5) is 0. The molecule has 0 aliphatic carbocycles. The van der Waals surface area contributed by atoms with Crippen LogP contribution in [-0.2, 0) is 14.2 Å². The Balaban J connectivity index is 1.59. The van der Waals surface area contributed by atoms with Crippen LogP contribution in [0.15, 0.2) is 38.0 Å². The van der Waals surface area contributed by atoms with Gasteiger partial charge in [0.15, 0.2) is 0 Å². The predicted octanol–water partition coefficient (Wildman–Crippen LogP) is 2.66. The summed E-state index contributed by atoms with van der Waals surface area (Å²) in [5.74, 6) is 0. The molecule has 3 saturated heterocycles. The fourth-order valence-corrected chi connectivity index (χ4v) is 8.12. The van der Waals surface area contributed by atoms with Gasteiger partial charge in [-0.15, -0.1) is 0 Å². The minimum absolute atomic E-state index is 0.182. The zero-order valence-corrected chi connectivity index (χ0v) is 28.0. The van der Waals surface area contributed by atoms with Gasteiger partial charge in [0.05, 0.1) is 91.9 Å². The molecule has 3 unspecified atom stereocenters. The van der Waals surface area contributed by atoms with Gasteiger partial charge >= 0.3 is 0 Å². The van der Waals surface area contributed by atoms with Crippen LogP contribution in [0.4, 0.5) is 0 Å². The summed E-state index contributed by atoms with van der Waals surface area (Å²) in [6.07, 6.45) is 11.8. The molecular formula is C35H66N3O6+3. The van der Waals surface area contributed by atoms with Gasteiger partial charge in [-0.3, -0.25) is 0 Å². The van der Waals surface area contributed by atoms with E-state index >= 15 is 0 Å². The summed E-state index contributed by atoms with van der Waals surface area (Å²) in [5, 5.41) is 33.0. The van der Waals surface area contributed by atoms with Crippen molar-refractivity contribution >= 4 is 0 Å². The highest BCUT2D eigenvalue weighted by atomic mass is 16.6. The second-order valence-corrected chi connectivity index (χ2v) is 14.3. The lowest BCUT2D eigenvalue weighted by atomic mass is 10.0. The molecule has 0 aromatic carbocycles. The van der Waals surface area contributed by atoms with Crippen molar-refractivity contribution < 1.29 is 43.0 Å². The average Bonchev–Trinajstić information content (AvgIpc) is 3.75. The molecule has 0 aromatic heterocycles. The van der Waals surface area contributed by atoms with E-state index in [-0.39, 0.29) is 33.0 Å². The van der Waals surface area contributed by atoms with E-state index in [2.05, 4.69) is 19.7 Å². The Kier molecular flexibility index (Phi) is 15.5. The highest BCUT2D eigenvalue weighted by Gasteiger charge is 2.38. The van der Waals surface area contributed by atoms with Crippen LogP contribution in [0.3, 0.4) is 0 Å². The van der Waals surface area contributed by atoms with E-state index in [0.29, 0.717) is 26.1 Å². The quantitative estimate of drug-likeness (QED) is 0.113. The lowest BCUT2D eigenvalue weighted by Gasteiger charge is -2.38. The highest BCUT2D eigenvalue weighted by Crippen LogP contribution is 2.25. The Morgan fingerprint density at radius 1 is 0.591 bits per heavy atom. The third kappa shape index (κ3) is 11.3. The maximum atomic E-state index is 11.1. The van der Waals surface area contributed by atoms with Gasteiger partial charge in [-0.25, -0.2) is 0 Å². The topological polar surface area (TPSA) is 88.4 Å². The zero-order valence-electron chi connectivity index (χ0n) is 28.0. The van der Waals surface area contributed by atoms with Crippen molar-refractivity contribution in [3.8, 4) is 0 Å². The number of hydrogen-bond acceptors (Lipinski definition) is 6. The van der Waals surface area contributed by atoms with Crippen molar-refractivity contribution in [1.82, 2.24) is 0 Å². The minimum atomic E-state index is -0.795. The van der Waals surface area contributed by atoms with Crippen molar-refractivity contribution in [2.24, 2.45) is 0 Å². The highest BCUT2D eigenvalue weighted by molar-refractivity contribution is 4.81. The summed E-state index contributed by atoms with van der Waals surface area (Å²) >= 11 is 0. The van der Waals surface area contributed by atoms with E-state index in [1.165, 1.54) is 38.5 Å². The van der Waals surface area contributed by atoms with E-state index in [4.69, 9.17) is 14.2 Å². The summed E-state index contributed by atoms with van der Waals surface area (Å²) in [7, 11) is 0. The zero-order chi connectivity index (χ0) is 31.9. The lowest BCUT2D eigenvalue weighted by Crippen LogP contribution is -2.53. The van der Waals surface area contributed by atoms with Gasteiger partial charge in [-0.05, 0) is 24.6 Å². The molecule has 254 valence electrons. The van der Waals surface area contributed by atoms with Gasteiger partial charge in [-0.1, -0.05) is 26.7 Å². The van der Waals surface area contributed by atoms with Crippen molar-refractivity contribution in [1.29, 1.82) is 0 Å². The van der Waals surface area contributed by atoms with Crippen LogP contribution in [0.1, 0.15) is 51.9 Å². The van der Waals surface area contributed by atoms with E-state index in [1.807, 2.05) is 25.2 Å². The summed E-state index contributed by atoms with van der Waals surface area (Å²) in [6, 6.07) is 0. The van der Waals surface area contributed by atoms with Crippen LogP contribution in [0, 0.1) is 0 Å². The number of ether oxygens (including phenoxy) is 3. The third-order valence-electron chi connectivity index (χ3n) is 10.5. The van der Waals surface area contributed by atoms with Crippen LogP contribution < -0.4 is 0 Å². The maximum Gasteiger partial charge on any atom is 0.126 e. The molecule has 9 nitrogen and oxygen atoms in total. The predicted molar refractivity (Wildman–Crippen MR) is 176 cm³/mol. The third-order valence-corrected chi connectivity index (χ3v) is 10.5. The number of likely N-dealkylation sites (tertiary alicyclic amines) is 3. The number of hydrogen-bond donors (Lipinski definition) is 3. The largest absolute Gasteiger partial charge is 0.385 e. The van der Waals surface area contributed by atoms with Gasteiger partial charge in [0.1, 0.15) is 43.5 Å². The fourth-order valence-electron chi connectivity index (χ4n) is 8.12.